The quantitative estimate of drug-likeness (QED) is 0.835. The van der Waals surface area contributed by atoms with E-state index in [0.29, 0.717) is 16.3 Å². The third-order valence-electron chi connectivity index (χ3n) is 3.35. The van der Waals surface area contributed by atoms with Gasteiger partial charge in [-0.3, -0.25) is 0 Å². The molecule has 1 aromatic carbocycles. The fraction of sp³-hybridized carbons (Fsp3) is 0.312. The first-order valence-corrected chi connectivity index (χ1v) is 7.24. The van der Waals surface area contributed by atoms with E-state index in [4.69, 9.17) is 16.3 Å². The van der Waals surface area contributed by atoms with E-state index in [0.717, 1.165) is 12.1 Å². The lowest BCUT2D eigenvalue weighted by molar-refractivity contribution is -0.161. The van der Waals surface area contributed by atoms with E-state index in [1.807, 2.05) is 13.0 Å². The maximum Gasteiger partial charge on any atom is 0.349 e. The number of hydrogen-bond donors (Lipinski definition) is 2. The molecule has 21 heavy (non-hydrogen) atoms. The molecular formula is C16H18ClNO3. The molecule has 0 radical (unpaired) electrons. The number of aliphatic hydroxyl groups is 1. The Labute approximate surface area is 128 Å². The number of H-pyrrole nitrogens is 1. The predicted molar refractivity (Wildman–Crippen MR) is 81.3 cm³/mol. The second-order valence-electron chi connectivity index (χ2n) is 4.69. The highest BCUT2D eigenvalue weighted by Crippen LogP contribution is 2.31. The van der Waals surface area contributed by atoms with Gasteiger partial charge in [0.1, 0.15) is 0 Å². The van der Waals surface area contributed by atoms with Crippen LogP contribution in [0.25, 0.3) is 0 Å². The molecule has 5 heteroatoms. The van der Waals surface area contributed by atoms with Gasteiger partial charge < -0.3 is 14.8 Å². The molecule has 4 nitrogen and oxygen atoms in total. The average Bonchev–Trinajstić information content (AvgIpc) is 2.96. The van der Waals surface area contributed by atoms with Gasteiger partial charge in [0.2, 0.25) is 5.60 Å². The number of carbonyl (C=O) groups is 1. The van der Waals surface area contributed by atoms with Gasteiger partial charge in [-0.15, -0.1) is 0 Å². The van der Waals surface area contributed by atoms with Gasteiger partial charge in [-0.25, -0.2) is 4.79 Å². The summed E-state index contributed by atoms with van der Waals surface area (Å²) in [6.45, 7) is 3.88. The summed E-state index contributed by atoms with van der Waals surface area (Å²) in [6, 6.07) is 10.0. The van der Waals surface area contributed by atoms with E-state index in [9.17, 15) is 9.90 Å². The summed E-state index contributed by atoms with van der Waals surface area (Å²) in [4.78, 5) is 15.4. The molecule has 0 bridgehead atoms. The number of aromatic nitrogens is 1. The molecule has 0 aliphatic carbocycles. The molecule has 0 saturated heterocycles. The van der Waals surface area contributed by atoms with E-state index in [-0.39, 0.29) is 6.61 Å². The first-order valence-electron chi connectivity index (χ1n) is 6.86. The zero-order valence-corrected chi connectivity index (χ0v) is 12.8. The molecule has 1 heterocycles. The topological polar surface area (TPSA) is 62.3 Å². The van der Waals surface area contributed by atoms with Gasteiger partial charge in [0.15, 0.2) is 0 Å². The summed E-state index contributed by atoms with van der Waals surface area (Å²) in [5, 5.41) is 11.5. The van der Waals surface area contributed by atoms with Crippen molar-refractivity contribution in [2.24, 2.45) is 0 Å². The van der Waals surface area contributed by atoms with Gasteiger partial charge in [-0.1, -0.05) is 30.7 Å². The van der Waals surface area contributed by atoms with Crippen molar-refractivity contribution in [2.75, 3.05) is 6.61 Å². The number of hydrogen-bond acceptors (Lipinski definition) is 3. The number of halogens is 1. The summed E-state index contributed by atoms with van der Waals surface area (Å²) in [5.41, 5.74) is -0.134. The van der Waals surface area contributed by atoms with E-state index in [2.05, 4.69) is 4.98 Å². The Morgan fingerprint density at radius 2 is 1.90 bits per heavy atom. The van der Waals surface area contributed by atoms with Crippen molar-refractivity contribution < 1.29 is 14.6 Å². The van der Waals surface area contributed by atoms with E-state index >= 15 is 0 Å². The highest BCUT2D eigenvalue weighted by Gasteiger charge is 2.42. The summed E-state index contributed by atoms with van der Waals surface area (Å²) >= 11 is 5.87. The fourth-order valence-electron chi connectivity index (χ4n) is 2.17. The monoisotopic (exact) mass is 307 g/mol. The number of aromatic amines is 1. The molecule has 0 spiro atoms. The van der Waals surface area contributed by atoms with Crippen molar-refractivity contribution >= 4 is 17.6 Å². The predicted octanol–water partition coefficient (Wildman–Crippen LogP) is 3.03. The van der Waals surface area contributed by atoms with Crippen LogP contribution >= 0.6 is 11.6 Å². The molecule has 1 aromatic heterocycles. The van der Waals surface area contributed by atoms with Crippen LogP contribution in [0.3, 0.4) is 0 Å². The highest BCUT2D eigenvalue weighted by atomic mass is 35.5. The molecular weight excluding hydrogens is 290 g/mol. The number of nitrogens with one attached hydrogen (secondary N) is 1. The average molecular weight is 308 g/mol. The standard InChI is InChI=1S/C16H18ClNO3/c1-3-13-9-10-14(18-13)16(20,15(19)21-4-2)11-5-7-12(17)8-6-11/h5-10,18,20H,3-4H2,1-2H3/t16-/m1/s1. The number of aryl methyl sites for hydroxylation is 1. The lowest BCUT2D eigenvalue weighted by atomic mass is 9.90. The van der Waals surface area contributed by atoms with Crippen molar-refractivity contribution in [2.45, 2.75) is 25.9 Å². The van der Waals surface area contributed by atoms with Gasteiger partial charge in [0.05, 0.1) is 12.3 Å². The minimum Gasteiger partial charge on any atom is -0.463 e. The molecule has 2 N–H and O–H groups in total. The summed E-state index contributed by atoms with van der Waals surface area (Å²) in [7, 11) is 0. The van der Waals surface area contributed by atoms with Crippen LogP contribution in [0.2, 0.25) is 5.02 Å². The third-order valence-corrected chi connectivity index (χ3v) is 3.60. The summed E-state index contributed by atoms with van der Waals surface area (Å²) < 4.78 is 5.05. The minimum absolute atomic E-state index is 0.191. The van der Waals surface area contributed by atoms with Crippen molar-refractivity contribution in [3.05, 3.63) is 58.4 Å². The molecule has 0 aliphatic heterocycles. The van der Waals surface area contributed by atoms with Crippen LogP contribution in [0.15, 0.2) is 36.4 Å². The maximum atomic E-state index is 12.3. The van der Waals surface area contributed by atoms with Crippen LogP contribution in [0.1, 0.15) is 30.8 Å². The van der Waals surface area contributed by atoms with Crippen LogP contribution in [-0.4, -0.2) is 22.7 Å². The highest BCUT2D eigenvalue weighted by molar-refractivity contribution is 6.30. The van der Waals surface area contributed by atoms with Gasteiger partial charge in [0.25, 0.3) is 0 Å². The number of benzene rings is 1. The number of esters is 1. The Balaban J connectivity index is 2.53. The minimum atomic E-state index is -1.87. The first-order chi connectivity index (χ1) is 10.0. The van der Waals surface area contributed by atoms with Gasteiger partial charge in [-0.2, -0.15) is 0 Å². The van der Waals surface area contributed by atoms with Crippen LogP contribution in [-0.2, 0) is 21.6 Å². The maximum absolute atomic E-state index is 12.3. The van der Waals surface area contributed by atoms with E-state index < -0.39 is 11.6 Å². The second kappa shape index (κ2) is 6.33. The van der Waals surface area contributed by atoms with E-state index in [1.165, 1.54) is 0 Å². The van der Waals surface area contributed by atoms with E-state index in [1.54, 1.807) is 37.3 Å². The molecule has 0 aliphatic rings. The molecule has 0 amide bonds. The van der Waals surface area contributed by atoms with Crippen LogP contribution < -0.4 is 0 Å². The third kappa shape index (κ3) is 2.96. The van der Waals surface area contributed by atoms with Crippen molar-refractivity contribution in [1.29, 1.82) is 0 Å². The Morgan fingerprint density at radius 3 is 2.43 bits per heavy atom. The van der Waals surface area contributed by atoms with Crippen LogP contribution in [0.5, 0.6) is 0 Å². The van der Waals surface area contributed by atoms with Gasteiger partial charge >= 0.3 is 5.97 Å². The van der Waals surface area contributed by atoms with Crippen molar-refractivity contribution in [1.82, 2.24) is 4.98 Å². The normalized spacial score (nSPS) is 13.7. The lowest BCUT2D eigenvalue weighted by Crippen LogP contribution is -2.39. The molecule has 0 fully saturated rings. The zero-order valence-electron chi connectivity index (χ0n) is 12.0. The fourth-order valence-corrected chi connectivity index (χ4v) is 2.29. The van der Waals surface area contributed by atoms with Crippen LogP contribution in [0, 0.1) is 0 Å². The van der Waals surface area contributed by atoms with Crippen molar-refractivity contribution in [3.8, 4) is 0 Å². The zero-order chi connectivity index (χ0) is 15.5. The number of rotatable bonds is 5. The van der Waals surface area contributed by atoms with Gasteiger partial charge in [-0.05, 0) is 37.6 Å². The number of ether oxygens (including phenoxy) is 1. The molecule has 2 rings (SSSR count). The first kappa shape index (κ1) is 15.6. The smallest absolute Gasteiger partial charge is 0.349 e. The Bertz CT molecular complexity index is 621. The Hall–Kier alpha value is -1.78. The molecule has 0 saturated carbocycles. The summed E-state index contributed by atoms with van der Waals surface area (Å²) in [5.74, 6) is -0.711. The lowest BCUT2D eigenvalue weighted by Gasteiger charge is -2.25. The summed E-state index contributed by atoms with van der Waals surface area (Å²) in [6.07, 6.45) is 0.777. The van der Waals surface area contributed by atoms with Crippen LogP contribution in [0.4, 0.5) is 0 Å². The second-order valence-corrected chi connectivity index (χ2v) is 5.13. The Morgan fingerprint density at radius 1 is 1.24 bits per heavy atom. The van der Waals surface area contributed by atoms with Gasteiger partial charge in [0, 0.05) is 16.3 Å². The molecule has 112 valence electrons. The molecule has 0 unspecified atom stereocenters. The Kier molecular flexibility index (Phi) is 4.70. The SMILES string of the molecule is CCOC(=O)[C@@](O)(c1ccc(Cl)cc1)c1ccc(CC)[nH]1. The van der Waals surface area contributed by atoms with Crippen molar-refractivity contribution in [3.63, 3.8) is 0 Å². The molecule has 2 aromatic rings. The number of carbonyl (C=O) groups excluding carboxylic acids is 1. The largest absolute Gasteiger partial charge is 0.463 e. The molecule has 1 atom stereocenters.